The van der Waals surface area contributed by atoms with Crippen LogP contribution < -0.4 is 14.4 Å². The van der Waals surface area contributed by atoms with E-state index in [0.29, 0.717) is 18.0 Å². The van der Waals surface area contributed by atoms with Gasteiger partial charge in [0.05, 0.1) is 17.7 Å². The van der Waals surface area contributed by atoms with Gasteiger partial charge in [-0.15, -0.1) is 0 Å². The van der Waals surface area contributed by atoms with Crippen LogP contribution >= 0.6 is 0 Å². The Morgan fingerprint density at radius 3 is 2.26 bits per heavy atom. The Morgan fingerprint density at radius 1 is 0.923 bits per heavy atom. The van der Waals surface area contributed by atoms with Gasteiger partial charge in [-0.2, -0.15) is 0 Å². The Balaban J connectivity index is 2.01. The number of methoxy groups -OCH3 is 1. The van der Waals surface area contributed by atoms with Crippen molar-refractivity contribution in [2.75, 3.05) is 24.5 Å². The van der Waals surface area contributed by atoms with Crippen molar-refractivity contribution in [3.8, 4) is 5.75 Å². The molecule has 0 aliphatic heterocycles. The smallest absolute Gasteiger partial charge is 0.264 e. The highest BCUT2D eigenvalue weighted by molar-refractivity contribution is 7.92. The summed E-state index contributed by atoms with van der Waals surface area (Å²) in [6.45, 7) is 7.55. The number of nitrogens with one attached hydrogen (secondary N) is 1. The first-order valence-corrected chi connectivity index (χ1v) is 14.3. The third-order valence-corrected chi connectivity index (χ3v) is 8.03. The fourth-order valence-electron chi connectivity index (χ4n) is 4.03. The molecule has 0 radical (unpaired) electrons. The monoisotopic (exact) mass is 551 g/mol. The van der Waals surface area contributed by atoms with Crippen molar-refractivity contribution in [3.63, 3.8) is 0 Å². The normalized spacial score (nSPS) is 12.1. The lowest BCUT2D eigenvalue weighted by atomic mass is 10.1. The van der Waals surface area contributed by atoms with Gasteiger partial charge in [0.15, 0.2) is 0 Å². The third-order valence-electron chi connectivity index (χ3n) is 6.24. The summed E-state index contributed by atoms with van der Waals surface area (Å²) in [7, 11) is -2.53. The summed E-state index contributed by atoms with van der Waals surface area (Å²) in [5, 5.41) is 2.88. The van der Waals surface area contributed by atoms with Crippen LogP contribution in [0.3, 0.4) is 0 Å². The lowest BCUT2D eigenvalue weighted by Crippen LogP contribution is -2.51. The molecular formula is C30H37N3O5S. The number of carbonyl (C=O) groups excluding carboxylic acids is 2. The van der Waals surface area contributed by atoms with Crippen molar-refractivity contribution in [2.45, 2.75) is 45.2 Å². The highest BCUT2D eigenvalue weighted by atomic mass is 32.2. The maximum Gasteiger partial charge on any atom is 0.264 e. The molecule has 1 N–H and O–H groups in total. The van der Waals surface area contributed by atoms with Crippen LogP contribution in [0.1, 0.15) is 31.9 Å². The molecule has 0 heterocycles. The van der Waals surface area contributed by atoms with Gasteiger partial charge in [-0.1, -0.05) is 56.3 Å². The number of rotatable bonds is 12. The van der Waals surface area contributed by atoms with E-state index in [-0.39, 0.29) is 23.3 Å². The first kappa shape index (κ1) is 29.7. The Bertz CT molecular complexity index is 1380. The lowest BCUT2D eigenvalue weighted by Gasteiger charge is -2.32. The maximum atomic E-state index is 13.9. The highest BCUT2D eigenvalue weighted by Gasteiger charge is 2.32. The summed E-state index contributed by atoms with van der Waals surface area (Å²) >= 11 is 0. The summed E-state index contributed by atoms with van der Waals surface area (Å²) in [4.78, 5) is 28.5. The van der Waals surface area contributed by atoms with Gasteiger partial charge >= 0.3 is 0 Å². The predicted molar refractivity (Wildman–Crippen MR) is 153 cm³/mol. The molecule has 3 aromatic carbocycles. The second-order valence-corrected chi connectivity index (χ2v) is 11.7. The number of anilines is 1. The number of amides is 2. The quantitative estimate of drug-likeness (QED) is 0.360. The van der Waals surface area contributed by atoms with Gasteiger partial charge in [-0.3, -0.25) is 13.9 Å². The van der Waals surface area contributed by atoms with Crippen LogP contribution in [-0.4, -0.2) is 51.4 Å². The maximum absolute atomic E-state index is 13.9. The van der Waals surface area contributed by atoms with E-state index >= 15 is 0 Å². The number of benzene rings is 3. The zero-order valence-corrected chi connectivity index (χ0v) is 23.9. The molecule has 0 saturated heterocycles. The molecule has 1 atom stereocenters. The van der Waals surface area contributed by atoms with Gasteiger partial charge in [0.1, 0.15) is 18.3 Å². The second kappa shape index (κ2) is 13.3. The largest absolute Gasteiger partial charge is 0.497 e. The third kappa shape index (κ3) is 7.83. The van der Waals surface area contributed by atoms with E-state index in [1.807, 2.05) is 32.9 Å². The zero-order chi connectivity index (χ0) is 28.6. The first-order chi connectivity index (χ1) is 18.5. The average Bonchev–Trinajstić information content (AvgIpc) is 2.93. The predicted octanol–water partition coefficient (Wildman–Crippen LogP) is 4.39. The van der Waals surface area contributed by atoms with Crippen LogP contribution in [0.25, 0.3) is 0 Å². The first-order valence-electron chi connectivity index (χ1n) is 12.9. The molecule has 0 fully saturated rings. The van der Waals surface area contributed by atoms with Crippen molar-refractivity contribution >= 4 is 27.5 Å². The van der Waals surface area contributed by atoms with Crippen LogP contribution in [0, 0.1) is 12.8 Å². The van der Waals surface area contributed by atoms with Crippen molar-refractivity contribution < 1.29 is 22.7 Å². The summed E-state index contributed by atoms with van der Waals surface area (Å²) in [6, 6.07) is 21.4. The van der Waals surface area contributed by atoms with E-state index in [1.165, 1.54) is 17.0 Å². The SMILES string of the molecule is COc1cccc(CN(C(=O)CN(c2cccc(C)c2)S(=O)(=O)c2ccccc2)[C@@H](C)C(=O)NCC(C)C)c1. The van der Waals surface area contributed by atoms with Crippen LogP contribution in [0.15, 0.2) is 83.8 Å². The number of hydrogen-bond donors (Lipinski definition) is 1. The Hall–Kier alpha value is -3.85. The molecule has 0 bridgehead atoms. The molecular weight excluding hydrogens is 514 g/mol. The number of ether oxygens (including phenoxy) is 1. The van der Waals surface area contributed by atoms with E-state index in [2.05, 4.69) is 5.32 Å². The fraction of sp³-hybridized carbons (Fsp3) is 0.333. The molecule has 0 aliphatic rings. The molecule has 208 valence electrons. The molecule has 39 heavy (non-hydrogen) atoms. The van der Waals surface area contributed by atoms with Crippen molar-refractivity contribution in [1.82, 2.24) is 10.2 Å². The van der Waals surface area contributed by atoms with Crippen molar-refractivity contribution in [2.24, 2.45) is 5.92 Å². The Labute approximate surface area is 231 Å². The van der Waals surface area contributed by atoms with Crippen LogP contribution in [-0.2, 0) is 26.2 Å². The average molecular weight is 552 g/mol. The topological polar surface area (TPSA) is 96.0 Å². The van der Waals surface area contributed by atoms with E-state index < -0.39 is 28.5 Å². The van der Waals surface area contributed by atoms with Crippen LogP contribution in [0.2, 0.25) is 0 Å². The van der Waals surface area contributed by atoms with Gasteiger partial charge < -0.3 is 15.0 Å². The minimum absolute atomic E-state index is 0.0707. The van der Waals surface area contributed by atoms with Crippen LogP contribution in [0.4, 0.5) is 5.69 Å². The number of sulfonamides is 1. The lowest BCUT2D eigenvalue weighted by molar-refractivity contribution is -0.139. The fourth-order valence-corrected chi connectivity index (χ4v) is 5.46. The minimum Gasteiger partial charge on any atom is -0.497 e. The number of aryl methyl sites for hydroxylation is 1. The van der Waals surface area contributed by atoms with Gasteiger partial charge in [0.25, 0.3) is 10.0 Å². The summed E-state index contributed by atoms with van der Waals surface area (Å²) < 4.78 is 34.0. The van der Waals surface area contributed by atoms with Crippen molar-refractivity contribution in [3.05, 3.63) is 90.0 Å². The molecule has 0 aliphatic carbocycles. The molecule has 0 saturated carbocycles. The van der Waals surface area contributed by atoms with Gasteiger partial charge in [0.2, 0.25) is 11.8 Å². The molecule has 8 nitrogen and oxygen atoms in total. The molecule has 3 rings (SSSR count). The summed E-state index contributed by atoms with van der Waals surface area (Å²) in [6.07, 6.45) is 0. The zero-order valence-electron chi connectivity index (χ0n) is 23.1. The number of carbonyl (C=O) groups is 2. The van der Waals surface area contributed by atoms with E-state index in [1.54, 1.807) is 68.6 Å². The van der Waals surface area contributed by atoms with Gasteiger partial charge in [0, 0.05) is 13.1 Å². The second-order valence-electron chi connectivity index (χ2n) is 9.85. The summed E-state index contributed by atoms with van der Waals surface area (Å²) in [5.74, 6) is 0.0281. The van der Waals surface area contributed by atoms with Gasteiger partial charge in [-0.05, 0) is 67.3 Å². The molecule has 0 unspecified atom stereocenters. The van der Waals surface area contributed by atoms with E-state index in [4.69, 9.17) is 4.74 Å². The molecule has 0 spiro atoms. The Morgan fingerprint density at radius 2 is 1.62 bits per heavy atom. The minimum atomic E-state index is -4.09. The highest BCUT2D eigenvalue weighted by Crippen LogP contribution is 2.25. The molecule has 9 heteroatoms. The summed E-state index contributed by atoms with van der Waals surface area (Å²) in [5.41, 5.74) is 1.97. The van der Waals surface area contributed by atoms with Gasteiger partial charge in [-0.25, -0.2) is 8.42 Å². The molecule has 0 aromatic heterocycles. The molecule has 3 aromatic rings. The number of nitrogens with zero attached hydrogens (tertiary/aromatic N) is 2. The van der Waals surface area contributed by atoms with Crippen LogP contribution in [0.5, 0.6) is 5.75 Å². The van der Waals surface area contributed by atoms with E-state index in [9.17, 15) is 18.0 Å². The van der Waals surface area contributed by atoms with Crippen molar-refractivity contribution in [1.29, 1.82) is 0 Å². The molecule has 2 amide bonds. The van der Waals surface area contributed by atoms with E-state index in [0.717, 1.165) is 15.4 Å². The Kier molecular flexibility index (Phi) is 10.1. The standard InChI is InChI=1S/C30H37N3O5S/c1-22(2)19-31-30(35)24(4)32(20-25-12-10-14-27(18-25)38-5)29(34)21-33(26-13-9-11-23(3)17-26)39(36,37)28-15-7-6-8-16-28/h6-18,22,24H,19-21H2,1-5H3,(H,31,35)/t24-/m0/s1. The number of hydrogen-bond acceptors (Lipinski definition) is 5.